The Labute approximate surface area is 164 Å². The first-order valence-electron chi connectivity index (χ1n) is 9.57. The lowest BCUT2D eigenvalue weighted by Crippen LogP contribution is -2.46. The molecule has 1 aliphatic carbocycles. The summed E-state index contributed by atoms with van der Waals surface area (Å²) < 4.78 is 41.5. The number of amides is 1. The Morgan fingerprint density at radius 2 is 1.82 bits per heavy atom. The maximum absolute atomic E-state index is 13.9. The van der Waals surface area contributed by atoms with Gasteiger partial charge < -0.3 is 4.90 Å². The lowest BCUT2D eigenvalue weighted by molar-refractivity contribution is -0.130. The largest absolute Gasteiger partial charge is 0.341 e. The molecular weight excluding hydrogens is 379 g/mol. The molecule has 2 aromatic carbocycles. The van der Waals surface area contributed by atoms with Gasteiger partial charge in [0.05, 0.1) is 10.6 Å². The second kappa shape index (κ2) is 7.20. The highest BCUT2D eigenvalue weighted by atomic mass is 32.2. The van der Waals surface area contributed by atoms with Gasteiger partial charge in [-0.3, -0.25) is 9.10 Å². The summed E-state index contributed by atoms with van der Waals surface area (Å²) in [6.07, 6.45) is 5.23. The number of fused-ring (bicyclic) bond motifs is 3. The standard InChI is InChI=1S/C21H23FN2O3S/c1-23(16-7-3-2-4-8-16)21(25)14-24-19-12-11-15(22)13-18(19)17-9-5-6-10-20(17)28(24,26)27/h5-6,9-13,16H,2-4,7-8,14H2,1H3. The zero-order chi connectivity index (χ0) is 19.9. The van der Waals surface area contributed by atoms with Crippen molar-refractivity contribution in [3.05, 3.63) is 48.3 Å². The second-order valence-corrected chi connectivity index (χ2v) is 9.30. The SMILES string of the molecule is CN(C(=O)CN1c2ccc(F)cc2-c2ccccc2S1(=O)=O)C1CCCCC1. The number of hydrogen-bond acceptors (Lipinski definition) is 3. The highest BCUT2D eigenvalue weighted by Gasteiger charge is 2.37. The molecule has 0 saturated heterocycles. The number of halogens is 1. The molecule has 5 nitrogen and oxygen atoms in total. The van der Waals surface area contributed by atoms with E-state index < -0.39 is 15.8 Å². The minimum atomic E-state index is -3.91. The van der Waals surface area contributed by atoms with Crippen LogP contribution in [0, 0.1) is 5.82 Å². The average Bonchev–Trinajstić information content (AvgIpc) is 2.71. The first-order chi connectivity index (χ1) is 13.4. The summed E-state index contributed by atoms with van der Waals surface area (Å²) in [6.45, 7) is -0.289. The Bertz CT molecular complexity index is 1020. The van der Waals surface area contributed by atoms with Crippen molar-refractivity contribution in [1.82, 2.24) is 4.90 Å². The van der Waals surface area contributed by atoms with E-state index in [1.165, 1.54) is 30.7 Å². The average molecular weight is 402 g/mol. The smallest absolute Gasteiger partial charge is 0.265 e. The summed E-state index contributed by atoms with van der Waals surface area (Å²) in [6, 6.07) is 10.7. The summed E-state index contributed by atoms with van der Waals surface area (Å²) in [5.41, 5.74) is 1.28. The lowest BCUT2D eigenvalue weighted by Gasteiger charge is -2.35. The monoisotopic (exact) mass is 402 g/mol. The van der Waals surface area contributed by atoms with Crippen molar-refractivity contribution in [3.8, 4) is 11.1 Å². The van der Waals surface area contributed by atoms with Gasteiger partial charge in [0.15, 0.2) is 0 Å². The van der Waals surface area contributed by atoms with E-state index in [2.05, 4.69) is 0 Å². The number of carbonyl (C=O) groups excluding carboxylic acids is 1. The molecule has 1 aliphatic heterocycles. The Kier molecular flexibility index (Phi) is 4.87. The molecule has 1 amide bonds. The van der Waals surface area contributed by atoms with Crippen molar-refractivity contribution < 1.29 is 17.6 Å². The summed E-state index contributed by atoms with van der Waals surface area (Å²) in [7, 11) is -2.16. The molecule has 1 heterocycles. The topological polar surface area (TPSA) is 57.7 Å². The molecule has 148 valence electrons. The number of anilines is 1. The quantitative estimate of drug-likeness (QED) is 0.785. The molecular formula is C21H23FN2O3S. The highest BCUT2D eigenvalue weighted by Crippen LogP contribution is 2.43. The molecule has 0 aromatic heterocycles. The second-order valence-electron chi connectivity index (χ2n) is 7.47. The highest BCUT2D eigenvalue weighted by molar-refractivity contribution is 7.93. The van der Waals surface area contributed by atoms with Gasteiger partial charge in [-0.05, 0) is 37.1 Å². The van der Waals surface area contributed by atoms with E-state index in [1.807, 2.05) is 0 Å². The fraction of sp³-hybridized carbons (Fsp3) is 0.381. The number of rotatable bonds is 3. The van der Waals surface area contributed by atoms with Crippen molar-refractivity contribution in [1.29, 1.82) is 0 Å². The molecule has 1 saturated carbocycles. The fourth-order valence-electron chi connectivity index (χ4n) is 4.18. The van der Waals surface area contributed by atoms with Crippen molar-refractivity contribution in [2.45, 2.75) is 43.0 Å². The minimum absolute atomic E-state index is 0.0984. The Hall–Kier alpha value is -2.41. The van der Waals surface area contributed by atoms with Crippen LogP contribution in [-0.2, 0) is 14.8 Å². The van der Waals surface area contributed by atoms with Crippen LogP contribution in [-0.4, -0.2) is 38.9 Å². The molecule has 7 heteroatoms. The van der Waals surface area contributed by atoms with E-state index in [0.717, 1.165) is 30.0 Å². The van der Waals surface area contributed by atoms with Crippen LogP contribution >= 0.6 is 0 Å². The summed E-state index contributed by atoms with van der Waals surface area (Å²) in [4.78, 5) is 14.7. The van der Waals surface area contributed by atoms with E-state index in [0.29, 0.717) is 16.8 Å². The fourth-order valence-corrected chi connectivity index (χ4v) is 5.82. The first-order valence-corrected chi connectivity index (χ1v) is 11.0. The van der Waals surface area contributed by atoms with E-state index in [4.69, 9.17) is 0 Å². The van der Waals surface area contributed by atoms with E-state index in [-0.39, 0.29) is 23.4 Å². The van der Waals surface area contributed by atoms with Crippen LogP contribution in [0.3, 0.4) is 0 Å². The molecule has 0 N–H and O–H groups in total. The van der Waals surface area contributed by atoms with Crippen LogP contribution in [0.1, 0.15) is 32.1 Å². The van der Waals surface area contributed by atoms with Gasteiger partial charge in [-0.25, -0.2) is 12.8 Å². The van der Waals surface area contributed by atoms with E-state index in [9.17, 15) is 17.6 Å². The molecule has 2 aliphatic rings. The number of carbonyl (C=O) groups is 1. The van der Waals surface area contributed by atoms with Crippen molar-refractivity contribution >= 4 is 21.6 Å². The molecule has 28 heavy (non-hydrogen) atoms. The van der Waals surface area contributed by atoms with Crippen LogP contribution in [0.15, 0.2) is 47.4 Å². The summed E-state index contributed by atoms with van der Waals surface area (Å²) in [5.74, 6) is -0.691. The van der Waals surface area contributed by atoms with Gasteiger partial charge in [0.1, 0.15) is 12.4 Å². The molecule has 0 radical (unpaired) electrons. The first kappa shape index (κ1) is 18.9. The number of likely N-dealkylation sites (N-methyl/N-ethyl adjacent to an activating group) is 1. The third kappa shape index (κ3) is 3.17. The number of hydrogen-bond donors (Lipinski definition) is 0. The molecule has 2 aromatic rings. The molecule has 4 rings (SSSR count). The van der Waals surface area contributed by atoms with Crippen LogP contribution in [0.2, 0.25) is 0 Å². The van der Waals surface area contributed by atoms with E-state index >= 15 is 0 Å². The third-order valence-corrected chi connectivity index (χ3v) is 7.59. The molecule has 0 unspecified atom stereocenters. The van der Waals surface area contributed by atoms with Gasteiger partial charge in [0.25, 0.3) is 10.0 Å². The summed E-state index contributed by atoms with van der Waals surface area (Å²) >= 11 is 0. The van der Waals surface area contributed by atoms with Gasteiger partial charge in [-0.15, -0.1) is 0 Å². The predicted octanol–water partition coefficient (Wildman–Crippen LogP) is 3.79. The zero-order valence-corrected chi connectivity index (χ0v) is 16.6. The van der Waals surface area contributed by atoms with Gasteiger partial charge >= 0.3 is 0 Å². The molecule has 0 bridgehead atoms. The zero-order valence-electron chi connectivity index (χ0n) is 15.8. The van der Waals surface area contributed by atoms with Gasteiger partial charge in [-0.2, -0.15) is 0 Å². The van der Waals surface area contributed by atoms with Gasteiger partial charge in [0, 0.05) is 24.2 Å². The molecule has 0 spiro atoms. The van der Waals surface area contributed by atoms with Gasteiger partial charge in [0.2, 0.25) is 5.91 Å². The van der Waals surface area contributed by atoms with Crippen molar-refractivity contribution in [3.63, 3.8) is 0 Å². The Morgan fingerprint density at radius 3 is 2.57 bits per heavy atom. The number of sulfonamides is 1. The molecule has 0 atom stereocenters. The van der Waals surface area contributed by atoms with Crippen molar-refractivity contribution in [2.75, 3.05) is 17.9 Å². The molecule has 1 fully saturated rings. The Balaban J connectivity index is 1.72. The third-order valence-electron chi connectivity index (χ3n) is 5.77. The number of nitrogens with zero attached hydrogens (tertiary/aromatic N) is 2. The van der Waals surface area contributed by atoms with E-state index in [1.54, 1.807) is 30.1 Å². The van der Waals surface area contributed by atoms with Crippen LogP contribution in [0.5, 0.6) is 0 Å². The summed E-state index contributed by atoms with van der Waals surface area (Å²) in [5, 5.41) is 0. The van der Waals surface area contributed by atoms with Crippen LogP contribution in [0.4, 0.5) is 10.1 Å². The minimum Gasteiger partial charge on any atom is -0.341 e. The number of benzene rings is 2. The van der Waals surface area contributed by atoms with Crippen LogP contribution in [0.25, 0.3) is 11.1 Å². The maximum Gasteiger partial charge on any atom is 0.265 e. The Morgan fingerprint density at radius 1 is 1.11 bits per heavy atom. The lowest BCUT2D eigenvalue weighted by atomic mass is 9.94. The van der Waals surface area contributed by atoms with Gasteiger partial charge in [-0.1, -0.05) is 37.5 Å². The van der Waals surface area contributed by atoms with Crippen molar-refractivity contribution in [2.24, 2.45) is 0 Å². The predicted molar refractivity (Wildman–Crippen MR) is 106 cm³/mol. The van der Waals surface area contributed by atoms with Crippen LogP contribution < -0.4 is 4.31 Å². The normalized spacial score (nSPS) is 18.3. The maximum atomic E-state index is 13.9.